The van der Waals surface area contributed by atoms with Crippen molar-refractivity contribution in [1.82, 2.24) is 10.2 Å². The van der Waals surface area contributed by atoms with Crippen LogP contribution < -0.4 is 5.32 Å². The van der Waals surface area contributed by atoms with E-state index in [0.29, 0.717) is 6.54 Å². The fraction of sp³-hybridized carbons (Fsp3) is 0.353. The average Bonchev–Trinajstić information content (AvgIpc) is 3.09. The third-order valence-electron chi connectivity index (χ3n) is 4.34. The molecule has 1 aromatic carbocycles. The largest absolute Gasteiger partial charge is 0.433 e. The van der Waals surface area contributed by atoms with Gasteiger partial charge in [0.25, 0.3) is 5.91 Å². The molecule has 0 bridgehead atoms. The molecule has 0 radical (unpaired) electrons. The first-order valence-corrected chi connectivity index (χ1v) is 7.88. The van der Waals surface area contributed by atoms with Crippen LogP contribution in [0.3, 0.4) is 0 Å². The quantitative estimate of drug-likeness (QED) is 0.672. The van der Waals surface area contributed by atoms with Crippen molar-refractivity contribution < 1.29 is 14.1 Å². The number of hydrogen-bond donors (Lipinski definition) is 1. The number of nitrogens with zero attached hydrogens (tertiary/aromatic N) is 2. The second kappa shape index (κ2) is 6.84. The second-order valence-electron chi connectivity index (χ2n) is 5.94. The number of carbonyl (C=O) groups is 1. The van der Waals surface area contributed by atoms with Gasteiger partial charge in [0, 0.05) is 25.7 Å². The number of carbonyl (C=O) groups excluding carboxylic acids is 1. The molecule has 126 valence electrons. The maximum atomic E-state index is 12.0. The molecule has 1 aliphatic heterocycles. The Balaban J connectivity index is 1.54. The van der Waals surface area contributed by atoms with Gasteiger partial charge in [0.2, 0.25) is 0 Å². The van der Waals surface area contributed by atoms with E-state index < -0.39 is 16.7 Å². The van der Waals surface area contributed by atoms with Gasteiger partial charge in [-0.25, -0.2) is 0 Å². The fourth-order valence-electron chi connectivity index (χ4n) is 2.90. The number of hydrogen-bond acceptors (Lipinski definition) is 5. The van der Waals surface area contributed by atoms with Gasteiger partial charge >= 0.3 is 5.88 Å². The van der Waals surface area contributed by atoms with E-state index in [4.69, 9.17) is 4.42 Å². The van der Waals surface area contributed by atoms with Gasteiger partial charge in [0.05, 0.1) is 6.07 Å². The first-order valence-electron chi connectivity index (χ1n) is 7.88. The van der Waals surface area contributed by atoms with E-state index in [-0.39, 0.29) is 11.8 Å². The summed E-state index contributed by atoms with van der Waals surface area (Å²) in [4.78, 5) is 24.3. The van der Waals surface area contributed by atoms with Gasteiger partial charge in [0.1, 0.15) is 4.92 Å². The summed E-state index contributed by atoms with van der Waals surface area (Å²) in [5.74, 6) is -0.911. The number of nitrogens with one attached hydrogen (secondary N) is 1. The summed E-state index contributed by atoms with van der Waals surface area (Å²) in [5, 5.41) is 13.4. The normalized spacial score (nSPS) is 15.5. The number of benzene rings is 1. The lowest BCUT2D eigenvalue weighted by molar-refractivity contribution is -0.402. The summed E-state index contributed by atoms with van der Waals surface area (Å²) in [6, 6.07) is 11.0. The molecule has 1 aliphatic rings. The van der Waals surface area contributed by atoms with E-state index in [1.54, 1.807) is 0 Å². The monoisotopic (exact) mass is 329 g/mol. The molecule has 1 amide bonds. The average molecular weight is 329 g/mol. The number of rotatable bonds is 5. The Morgan fingerprint density at radius 2 is 2.08 bits per heavy atom. The Morgan fingerprint density at radius 3 is 2.79 bits per heavy atom. The van der Waals surface area contributed by atoms with Crippen molar-refractivity contribution in [3.05, 3.63) is 63.4 Å². The minimum absolute atomic E-state index is 0.0436. The maximum Gasteiger partial charge on any atom is 0.433 e. The zero-order chi connectivity index (χ0) is 17.1. The van der Waals surface area contributed by atoms with Gasteiger partial charge in [-0.2, -0.15) is 0 Å². The SMILES string of the molecule is CC(CNC(=O)c1ccc([N+](=O)[O-])o1)N1CCc2ccccc2C1. The van der Waals surface area contributed by atoms with Crippen LogP contribution in [-0.2, 0) is 13.0 Å². The highest BCUT2D eigenvalue weighted by molar-refractivity contribution is 5.91. The molecular formula is C17H19N3O4. The van der Waals surface area contributed by atoms with Crippen molar-refractivity contribution in [3.8, 4) is 0 Å². The van der Waals surface area contributed by atoms with Crippen molar-refractivity contribution >= 4 is 11.8 Å². The molecule has 7 nitrogen and oxygen atoms in total. The number of nitro groups is 1. The number of fused-ring (bicyclic) bond motifs is 1. The van der Waals surface area contributed by atoms with Gasteiger partial charge in [-0.05, 0) is 30.5 Å². The molecule has 0 saturated heterocycles. The summed E-state index contributed by atoms with van der Waals surface area (Å²) in [6.07, 6.45) is 0.999. The first kappa shape index (κ1) is 16.2. The number of amides is 1. The first-order chi connectivity index (χ1) is 11.5. The predicted octanol–water partition coefficient (Wildman–Crippen LogP) is 2.36. The molecule has 0 spiro atoms. The van der Waals surface area contributed by atoms with Crippen molar-refractivity contribution in [2.24, 2.45) is 0 Å². The van der Waals surface area contributed by atoms with Crippen molar-refractivity contribution in [1.29, 1.82) is 0 Å². The van der Waals surface area contributed by atoms with Crippen LogP contribution in [0.5, 0.6) is 0 Å². The van der Waals surface area contributed by atoms with E-state index in [1.807, 2.05) is 6.07 Å². The molecule has 1 aromatic heterocycles. The topological polar surface area (TPSA) is 88.6 Å². The second-order valence-corrected chi connectivity index (χ2v) is 5.94. The summed E-state index contributed by atoms with van der Waals surface area (Å²) in [6.45, 7) is 4.31. The molecule has 24 heavy (non-hydrogen) atoms. The van der Waals surface area contributed by atoms with Crippen molar-refractivity contribution in [2.75, 3.05) is 13.1 Å². The Kier molecular flexibility index (Phi) is 4.61. The molecular weight excluding hydrogens is 310 g/mol. The Morgan fingerprint density at radius 1 is 1.33 bits per heavy atom. The minimum Gasteiger partial charge on any atom is -0.395 e. The molecule has 2 aromatic rings. The molecule has 1 N–H and O–H groups in total. The summed E-state index contributed by atoms with van der Waals surface area (Å²) in [5.41, 5.74) is 2.71. The molecule has 1 atom stereocenters. The van der Waals surface area contributed by atoms with Crippen molar-refractivity contribution in [2.45, 2.75) is 25.9 Å². The smallest absolute Gasteiger partial charge is 0.395 e. The van der Waals surface area contributed by atoms with Crippen LogP contribution in [0.25, 0.3) is 0 Å². The lowest BCUT2D eigenvalue weighted by Crippen LogP contribution is -2.44. The molecule has 0 fully saturated rings. The van der Waals surface area contributed by atoms with Crippen LogP contribution in [0.15, 0.2) is 40.8 Å². The van der Waals surface area contributed by atoms with Crippen LogP contribution in [0.1, 0.15) is 28.6 Å². The summed E-state index contributed by atoms with van der Waals surface area (Å²) >= 11 is 0. The molecule has 0 aliphatic carbocycles. The molecule has 2 heterocycles. The summed E-state index contributed by atoms with van der Waals surface area (Å²) in [7, 11) is 0. The van der Waals surface area contributed by atoms with E-state index in [9.17, 15) is 14.9 Å². The van der Waals surface area contributed by atoms with Gasteiger partial charge in [-0.1, -0.05) is 24.3 Å². The third-order valence-corrected chi connectivity index (χ3v) is 4.34. The third kappa shape index (κ3) is 3.46. The molecule has 7 heteroatoms. The minimum atomic E-state index is -0.662. The van der Waals surface area contributed by atoms with Crippen molar-refractivity contribution in [3.63, 3.8) is 0 Å². The highest BCUT2D eigenvalue weighted by atomic mass is 16.6. The van der Waals surface area contributed by atoms with Gasteiger partial charge < -0.3 is 9.73 Å². The predicted molar refractivity (Wildman–Crippen MR) is 87.7 cm³/mol. The van der Waals surface area contributed by atoms with E-state index in [2.05, 4.69) is 35.3 Å². The van der Waals surface area contributed by atoms with Gasteiger partial charge in [-0.15, -0.1) is 0 Å². The molecule has 1 unspecified atom stereocenters. The Hall–Kier alpha value is -2.67. The van der Waals surface area contributed by atoms with Crippen LogP contribution in [-0.4, -0.2) is 34.9 Å². The highest BCUT2D eigenvalue weighted by Crippen LogP contribution is 2.20. The van der Waals surface area contributed by atoms with Crippen LogP contribution in [0.4, 0.5) is 5.88 Å². The highest BCUT2D eigenvalue weighted by Gasteiger charge is 2.22. The van der Waals surface area contributed by atoms with Crippen LogP contribution >= 0.6 is 0 Å². The van der Waals surface area contributed by atoms with E-state index in [1.165, 1.54) is 23.3 Å². The summed E-state index contributed by atoms with van der Waals surface area (Å²) < 4.78 is 4.91. The van der Waals surface area contributed by atoms with E-state index >= 15 is 0 Å². The number of furan rings is 1. The fourth-order valence-corrected chi connectivity index (χ4v) is 2.90. The molecule has 3 rings (SSSR count). The Bertz CT molecular complexity index is 756. The van der Waals surface area contributed by atoms with Gasteiger partial charge in [0.15, 0.2) is 5.76 Å². The maximum absolute atomic E-state index is 12.0. The standard InChI is InChI=1S/C17H19N3O4/c1-12(19-9-8-13-4-2-3-5-14(13)11-19)10-18-17(21)15-6-7-16(24-15)20(22)23/h2-7,12H,8-11H2,1H3,(H,18,21). The zero-order valence-corrected chi connectivity index (χ0v) is 13.4. The van der Waals surface area contributed by atoms with Crippen LogP contribution in [0.2, 0.25) is 0 Å². The van der Waals surface area contributed by atoms with Gasteiger partial charge in [-0.3, -0.25) is 19.8 Å². The zero-order valence-electron chi connectivity index (χ0n) is 13.4. The van der Waals surface area contributed by atoms with E-state index in [0.717, 1.165) is 19.5 Å². The lowest BCUT2D eigenvalue weighted by Gasteiger charge is -2.33. The van der Waals surface area contributed by atoms with Crippen LogP contribution in [0, 0.1) is 10.1 Å². The lowest BCUT2D eigenvalue weighted by atomic mass is 9.99. The molecule has 0 saturated carbocycles. The Labute approximate surface area is 139 Å².